The summed E-state index contributed by atoms with van der Waals surface area (Å²) in [5.41, 5.74) is 0. The Morgan fingerprint density at radius 3 is 2.58 bits per heavy atom. The third-order valence-electron chi connectivity index (χ3n) is 2.55. The fraction of sp³-hybridized carbons (Fsp3) is 0.545. The first-order chi connectivity index (χ1) is 8.85. The van der Waals surface area contributed by atoms with Crippen molar-refractivity contribution >= 4 is 27.5 Å². The van der Waals surface area contributed by atoms with Crippen LogP contribution in [0.4, 0.5) is 0 Å². The third kappa shape index (κ3) is 5.27. The van der Waals surface area contributed by atoms with Crippen molar-refractivity contribution in [3.63, 3.8) is 0 Å². The van der Waals surface area contributed by atoms with Crippen LogP contribution >= 0.6 is 11.3 Å². The van der Waals surface area contributed by atoms with Crippen LogP contribution in [0, 0.1) is 0 Å². The van der Waals surface area contributed by atoms with Gasteiger partial charge in [-0.05, 0) is 18.6 Å². The lowest BCUT2D eigenvalue weighted by Crippen LogP contribution is -2.38. The highest BCUT2D eigenvalue weighted by molar-refractivity contribution is 7.87. The minimum Gasteiger partial charge on any atom is -0.481 e. The molecule has 0 fully saturated rings. The molecule has 2 N–H and O–H groups in total. The molecule has 6 nitrogen and oxygen atoms in total. The molecule has 0 aliphatic rings. The zero-order valence-corrected chi connectivity index (χ0v) is 12.6. The first-order valence-corrected chi connectivity index (χ1v) is 8.11. The summed E-state index contributed by atoms with van der Waals surface area (Å²) in [6.45, 7) is 2.22. The number of rotatable bonds is 8. The molecule has 0 radical (unpaired) electrons. The molecule has 1 aromatic heterocycles. The Hall–Kier alpha value is -0.960. The van der Waals surface area contributed by atoms with Crippen LogP contribution in [-0.2, 0) is 28.0 Å². The molecular weight excluding hydrogens is 288 g/mol. The van der Waals surface area contributed by atoms with Crippen LogP contribution in [0.5, 0.6) is 0 Å². The van der Waals surface area contributed by atoms with Gasteiger partial charge in [-0.3, -0.25) is 4.79 Å². The smallest absolute Gasteiger partial charge is 0.304 e. The van der Waals surface area contributed by atoms with Gasteiger partial charge in [0.2, 0.25) is 0 Å². The highest BCUT2D eigenvalue weighted by Gasteiger charge is 2.18. The summed E-state index contributed by atoms with van der Waals surface area (Å²) in [5, 5.41) is 8.53. The van der Waals surface area contributed by atoms with E-state index in [1.165, 1.54) is 11.9 Å². The number of carboxylic acids is 1. The van der Waals surface area contributed by atoms with E-state index >= 15 is 0 Å². The molecule has 0 bridgehead atoms. The first kappa shape index (κ1) is 16.1. The van der Waals surface area contributed by atoms with Crippen molar-refractivity contribution in [2.24, 2.45) is 0 Å². The van der Waals surface area contributed by atoms with Crippen LogP contribution in [0.1, 0.15) is 23.1 Å². The summed E-state index contributed by atoms with van der Waals surface area (Å²) in [7, 11) is -2.27. The van der Waals surface area contributed by atoms with Crippen molar-refractivity contribution in [3.8, 4) is 0 Å². The van der Waals surface area contributed by atoms with E-state index in [0.29, 0.717) is 0 Å². The Morgan fingerprint density at radius 1 is 1.42 bits per heavy atom. The number of aliphatic carboxylic acids is 1. The predicted molar refractivity (Wildman–Crippen MR) is 74.3 cm³/mol. The van der Waals surface area contributed by atoms with Gasteiger partial charge in [0, 0.05) is 29.9 Å². The maximum absolute atomic E-state index is 11.8. The van der Waals surface area contributed by atoms with E-state index < -0.39 is 16.2 Å². The van der Waals surface area contributed by atoms with Gasteiger partial charge in [-0.15, -0.1) is 11.3 Å². The molecule has 8 heteroatoms. The number of nitrogens with zero attached hydrogens (tertiary/aromatic N) is 1. The molecule has 1 heterocycles. The van der Waals surface area contributed by atoms with E-state index in [2.05, 4.69) is 4.72 Å². The van der Waals surface area contributed by atoms with Crippen molar-refractivity contribution in [2.75, 3.05) is 13.6 Å². The van der Waals surface area contributed by atoms with Crippen LogP contribution in [-0.4, -0.2) is 37.4 Å². The lowest BCUT2D eigenvalue weighted by atomic mass is 10.4. The SMILES string of the molecule is CCc1ccc(CNS(=O)(=O)N(C)CCC(=O)O)s1. The van der Waals surface area contributed by atoms with E-state index in [-0.39, 0.29) is 19.5 Å². The van der Waals surface area contributed by atoms with Crippen LogP contribution in [0.25, 0.3) is 0 Å². The molecule has 0 saturated carbocycles. The molecule has 0 aliphatic carbocycles. The zero-order valence-electron chi connectivity index (χ0n) is 10.9. The molecule has 0 aliphatic heterocycles. The Morgan fingerprint density at radius 2 is 2.05 bits per heavy atom. The number of carboxylic acid groups (broad SMARTS) is 1. The molecule has 19 heavy (non-hydrogen) atoms. The second-order valence-corrected chi connectivity index (χ2v) is 7.13. The van der Waals surface area contributed by atoms with E-state index in [1.807, 2.05) is 19.1 Å². The summed E-state index contributed by atoms with van der Waals surface area (Å²) in [6.07, 6.45) is 0.715. The first-order valence-electron chi connectivity index (χ1n) is 5.85. The highest BCUT2D eigenvalue weighted by atomic mass is 32.2. The quantitative estimate of drug-likeness (QED) is 0.751. The Bertz CT molecular complexity index is 525. The largest absolute Gasteiger partial charge is 0.481 e. The number of thiophene rings is 1. The van der Waals surface area contributed by atoms with E-state index in [0.717, 1.165) is 15.6 Å². The van der Waals surface area contributed by atoms with Gasteiger partial charge in [0.15, 0.2) is 0 Å². The van der Waals surface area contributed by atoms with Crippen LogP contribution < -0.4 is 4.72 Å². The molecule has 1 rings (SSSR count). The van der Waals surface area contributed by atoms with Crippen LogP contribution in [0.15, 0.2) is 12.1 Å². The van der Waals surface area contributed by atoms with Crippen molar-refractivity contribution < 1.29 is 18.3 Å². The minimum atomic E-state index is -3.62. The van der Waals surface area contributed by atoms with E-state index in [1.54, 1.807) is 11.3 Å². The molecule has 108 valence electrons. The summed E-state index contributed by atoms with van der Waals surface area (Å²) >= 11 is 1.56. The molecule has 0 amide bonds. The second-order valence-electron chi connectivity index (χ2n) is 4.01. The van der Waals surface area contributed by atoms with Crippen molar-refractivity contribution in [1.82, 2.24) is 9.03 Å². The van der Waals surface area contributed by atoms with E-state index in [4.69, 9.17) is 5.11 Å². The molecular formula is C11H18N2O4S2. The van der Waals surface area contributed by atoms with Gasteiger partial charge in [0.25, 0.3) is 10.2 Å². The minimum absolute atomic E-state index is 0.0463. The second kappa shape index (κ2) is 6.99. The van der Waals surface area contributed by atoms with Gasteiger partial charge in [-0.1, -0.05) is 6.92 Å². The maximum Gasteiger partial charge on any atom is 0.304 e. The average molecular weight is 306 g/mol. The Kier molecular flexibility index (Phi) is 5.92. The summed E-state index contributed by atoms with van der Waals surface area (Å²) in [6, 6.07) is 3.87. The standard InChI is InChI=1S/C11H18N2O4S2/c1-3-9-4-5-10(18-9)8-12-19(16,17)13(2)7-6-11(14)15/h4-5,12H,3,6-8H2,1-2H3,(H,14,15). The molecule has 0 atom stereocenters. The number of hydrogen-bond donors (Lipinski definition) is 2. The highest BCUT2D eigenvalue weighted by Crippen LogP contribution is 2.16. The summed E-state index contributed by atoms with van der Waals surface area (Å²) < 4.78 is 27.1. The summed E-state index contributed by atoms with van der Waals surface area (Å²) in [5.74, 6) is -1.02. The molecule has 1 aromatic rings. The number of nitrogens with one attached hydrogen (secondary N) is 1. The van der Waals surface area contributed by atoms with Gasteiger partial charge in [0.1, 0.15) is 0 Å². The van der Waals surface area contributed by atoms with Crippen LogP contribution in [0.3, 0.4) is 0 Å². The monoisotopic (exact) mass is 306 g/mol. The fourth-order valence-electron chi connectivity index (χ4n) is 1.35. The average Bonchev–Trinajstić information content (AvgIpc) is 2.81. The van der Waals surface area contributed by atoms with Crippen molar-refractivity contribution in [1.29, 1.82) is 0 Å². The van der Waals surface area contributed by atoms with Crippen LogP contribution in [0.2, 0.25) is 0 Å². The Labute approximate surface area is 117 Å². The lowest BCUT2D eigenvalue weighted by molar-refractivity contribution is -0.137. The number of carbonyl (C=O) groups is 1. The topological polar surface area (TPSA) is 86.7 Å². The van der Waals surface area contributed by atoms with Gasteiger partial charge in [-0.25, -0.2) is 0 Å². The normalized spacial score (nSPS) is 11.9. The third-order valence-corrected chi connectivity index (χ3v) is 5.29. The molecule has 0 aromatic carbocycles. The molecule has 0 spiro atoms. The van der Waals surface area contributed by atoms with Gasteiger partial charge < -0.3 is 5.11 Å². The fourth-order valence-corrected chi connectivity index (χ4v) is 3.23. The number of aryl methyl sites for hydroxylation is 1. The van der Waals surface area contributed by atoms with Crippen molar-refractivity contribution in [3.05, 3.63) is 21.9 Å². The summed E-state index contributed by atoms with van der Waals surface area (Å²) in [4.78, 5) is 12.5. The van der Waals surface area contributed by atoms with E-state index in [9.17, 15) is 13.2 Å². The zero-order chi connectivity index (χ0) is 14.5. The lowest BCUT2D eigenvalue weighted by Gasteiger charge is -2.16. The van der Waals surface area contributed by atoms with Gasteiger partial charge >= 0.3 is 5.97 Å². The molecule has 0 saturated heterocycles. The van der Waals surface area contributed by atoms with Gasteiger partial charge in [0.05, 0.1) is 6.42 Å². The van der Waals surface area contributed by atoms with Crippen molar-refractivity contribution in [2.45, 2.75) is 26.3 Å². The van der Waals surface area contributed by atoms with Gasteiger partial charge in [-0.2, -0.15) is 17.4 Å². The maximum atomic E-state index is 11.8. The molecule has 0 unspecified atom stereocenters. The Balaban J connectivity index is 2.52. The predicted octanol–water partition coefficient (Wildman–Crippen LogP) is 1.05. The number of hydrogen-bond acceptors (Lipinski definition) is 4.